The molecular weight excluding hydrogens is 286 g/mol. The van der Waals surface area contributed by atoms with E-state index in [0.717, 1.165) is 5.75 Å². The minimum Gasteiger partial charge on any atom is -0.494 e. The molecule has 1 amide bonds. The maximum Gasteiger partial charge on any atom is 0.303 e. The van der Waals surface area contributed by atoms with Crippen LogP contribution in [0.5, 0.6) is 11.5 Å². The van der Waals surface area contributed by atoms with E-state index in [1.807, 2.05) is 6.92 Å². The smallest absolute Gasteiger partial charge is 0.303 e. The fraction of sp³-hybridized carbons (Fsp3) is 0.500. The van der Waals surface area contributed by atoms with E-state index in [2.05, 4.69) is 5.32 Å². The highest BCUT2D eigenvalue weighted by Gasteiger charge is 2.21. The molecule has 0 atom stereocenters. The van der Waals surface area contributed by atoms with Gasteiger partial charge in [0.25, 0.3) is 5.91 Å². The summed E-state index contributed by atoms with van der Waals surface area (Å²) in [6.45, 7) is 5.94. The van der Waals surface area contributed by atoms with Crippen molar-refractivity contribution in [1.29, 1.82) is 0 Å². The van der Waals surface area contributed by atoms with E-state index in [1.54, 1.807) is 38.1 Å². The highest BCUT2D eigenvalue weighted by molar-refractivity contribution is 5.78. The summed E-state index contributed by atoms with van der Waals surface area (Å²) in [5.74, 6) is 0.147. The summed E-state index contributed by atoms with van der Waals surface area (Å²) in [6.07, 6.45) is 0.365. The van der Waals surface area contributed by atoms with Gasteiger partial charge in [0.2, 0.25) is 0 Å². The van der Waals surface area contributed by atoms with E-state index in [4.69, 9.17) is 14.6 Å². The lowest BCUT2D eigenvalue weighted by Crippen LogP contribution is -2.45. The molecule has 0 spiro atoms. The summed E-state index contributed by atoms with van der Waals surface area (Å²) in [5, 5.41) is 11.4. The first kappa shape index (κ1) is 17.8. The zero-order valence-electron chi connectivity index (χ0n) is 13.2. The lowest BCUT2D eigenvalue weighted by Gasteiger charge is -2.25. The van der Waals surface area contributed by atoms with Crippen LogP contribution in [0.3, 0.4) is 0 Å². The number of carboxylic acids is 1. The van der Waals surface area contributed by atoms with Crippen molar-refractivity contribution in [3.8, 4) is 11.5 Å². The van der Waals surface area contributed by atoms with Gasteiger partial charge in [0.05, 0.1) is 6.61 Å². The van der Waals surface area contributed by atoms with Crippen molar-refractivity contribution in [2.45, 2.75) is 39.2 Å². The molecule has 0 fully saturated rings. The second kappa shape index (κ2) is 8.26. The highest BCUT2D eigenvalue weighted by Crippen LogP contribution is 2.17. The van der Waals surface area contributed by atoms with Gasteiger partial charge in [0.1, 0.15) is 11.5 Å². The number of aliphatic carboxylic acids is 1. The van der Waals surface area contributed by atoms with Gasteiger partial charge in [0.15, 0.2) is 6.61 Å². The van der Waals surface area contributed by atoms with Gasteiger partial charge in [-0.1, -0.05) is 0 Å². The largest absolute Gasteiger partial charge is 0.494 e. The van der Waals surface area contributed by atoms with Gasteiger partial charge < -0.3 is 19.9 Å². The Kier molecular flexibility index (Phi) is 6.69. The second-order valence-corrected chi connectivity index (χ2v) is 5.52. The number of ether oxygens (including phenoxy) is 2. The monoisotopic (exact) mass is 309 g/mol. The summed E-state index contributed by atoms with van der Waals surface area (Å²) in [4.78, 5) is 22.4. The standard InChI is InChI=1S/C16H23NO5/c1-4-21-12-5-7-13(8-6-12)22-11-14(18)17-16(2,3)10-9-15(19)20/h5-8H,4,9-11H2,1-3H3,(H,17,18)(H,19,20). The van der Waals surface area contributed by atoms with Crippen molar-refractivity contribution >= 4 is 11.9 Å². The number of hydrogen-bond acceptors (Lipinski definition) is 4. The minimum atomic E-state index is -0.882. The van der Waals surface area contributed by atoms with Gasteiger partial charge in [-0.05, 0) is 51.5 Å². The van der Waals surface area contributed by atoms with Gasteiger partial charge in [-0.15, -0.1) is 0 Å². The van der Waals surface area contributed by atoms with Crippen LogP contribution in [-0.2, 0) is 9.59 Å². The van der Waals surface area contributed by atoms with Crippen LogP contribution >= 0.6 is 0 Å². The Morgan fingerprint density at radius 3 is 2.18 bits per heavy atom. The van der Waals surface area contributed by atoms with Gasteiger partial charge in [-0.25, -0.2) is 0 Å². The lowest BCUT2D eigenvalue weighted by atomic mass is 9.98. The molecule has 122 valence electrons. The second-order valence-electron chi connectivity index (χ2n) is 5.52. The summed E-state index contributed by atoms with van der Waals surface area (Å²) in [5.41, 5.74) is -0.586. The van der Waals surface area contributed by atoms with Crippen LogP contribution in [0.1, 0.15) is 33.6 Å². The summed E-state index contributed by atoms with van der Waals surface area (Å²) in [6, 6.07) is 7.00. The van der Waals surface area contributed by atoms with Gasteiger partial charge in [-0.2, -0.15) is 0 Å². The molecule has 0 saturated carbocycles. The van der Waals surface area contributed by atoms with E-state index < -0.39 is 11.5 Å². The first-order valence-electron chi connectivity index (χ1n) is 7.21. The molecule has 0 bridgehead atoms. The molecule has 0 aliphatic rings. The summed E-state index contributed by atoms with van der Waals surface area (Å²) < 4.78 is 10.7. The maximum absolute atomic E-state index is 11.8. The zero-order valence-corrected chi connectivity index (χ0v) is 13.2. The molecule has 1 aromatic rings. The number of benzene rings is 1. The Labute approximate surface area is 130 Å². The van der Waals surface area contributed by atoms with Crippen LogP contribution in [0.15, 0.2) is 24.3 Å². The zero-order chi connectivity index (χ0) is 16.6. The average Bonchev–Trinajstić information content (AvgIpc) is 2.44. The molecule has 0 unspecified atom stereocenters. The molecule has 1 aromatic carbocycles. The van der Waals surface area contributed by atoms with Crippen LogP contribution in [0, 0.1) is 0 Å². The Morgan fingerprint density at radius 1 is 1.14 bits per heavy atom. The van der Waals surface area contributed by atoms with Gasteiger partial charge in [0, 0.05) is 12.0 Å². The van der Waals surface area contributed by atoms with Crippen molar-refractivity contribution in [3.05, 3.63) is 24.3 Å². The highest BCUT2D eigenvalue weighted by atomic mass is 16.5. The van der Waals surface area contributed by atoms with Crippen molar-refractivity contribution in [3.63, 3.8) is 0 Å². The maximum atomic E-state index is 11.8. The number of amides is 1. The Balaban J connectivity index is 2.40. The normalized spacial score (nSPS) is 10.9. The van der Waals surface area contributed by atoms with Crippen LogP contribution in [0.25, 0.3) is 0 Å². The molecule has 1 rings (SSSR count). The Bertz CT molecular complexity index is 496. The van der Waals surface area contributed by atoms with E-state index >= 15 is 0 Å². The van der Waals surface area contributed by atoms with Crippen LogP contribution in [-0.4, -0.2) is 35.7 Å². The summed E-state index contributed by atoms with van der Waals surface area (Å²) >= 11 is 0. The SMILES string of the molecule is CCOc1ccc(OCC(=O)NC(C)(C)CCC(=O)O)cc1. The van der Waals surface area contributed by atoms with Crippen molar-refractivity contribution in [2.24, 2.45) is 0 Å². The third kappa shape index (κ3) is 6.97. The quantitative estimate of drug-likeness (QED) is 0.730. The topological polar surface area (TPSA) is 84.9 Å². The molecule has 0 saturated heterocycles. The molecule has 0 aliphatic carbocycles. The predicted octanol–water partition coefficient (Wildman–Crippen LogP) is 2.22. The molecule has 0 heterocycles. The van der Waals surface area contributed by atoms with E-state index in [1.165, 1.54) is 0 Å². The molecule has 6 nitrogen and oxygen atoms in total. The number of nitrogens with one attached hydrogen (secondary N) is 1. The van der Waals surface area contributed by atoms with E-state index in [-0.39, 0.29) is 18.9 Å². The minimum absolute atomic E-state index is 0.00697. The molecule has 0 radical (unpaired) electrons. The third-order valence-corrected chi connectivity index (χ3v) is 2.95. The number of carboxylic acid groups (broad SMARTS) is 1. The first-order chi connectivity index (χ1) is 10.3. The Hall–Kier alpha value is -2.24. The van der Waals surface area contributed by atoms with E-state index in [0.29, 0.717) is 18.8 Å². The predicted molar refractivity (Wildman–Crippen MR) is 82.2 cm³/mol. The van der Waals surface area contributed by atoms with Crippen LogP contribution in [0.4, 0.5) is 0 Å². The molecule has 6 heteroatoms. The molecule has 22 heavy (non-hydrogen) atoms. The van der Waals surface area contributed by atoms with Crippen molar-refractivity contribution < 1.29 is 24.2 Å². The molecule has 0 aliphatic heterocycles. The number of hydrogen-bond donors (Lipinski definition) is 2. The number of carbonyl (C=O) groups excluding carboxylic acids is 1. The fourth-order valence-electron chi connectivity index (χ4n) is 1.84. The van der Waals surface area contributed by atoms with Crippen LogP contribution < -0.4 is 14.8 Å². The molecule has 2 N–H and O–H groups in total. The molecular formula is C16H23NO5. The van der Waals surface area contributed by atoms with E-state index in [9.17, 15) is 9.59 Å². The molecule has 0 aromatic heterocycles. The Morgan fingerprint density at radius 2 is 1.68 bits per heavy atom. The van der Waals surface area contributed by atoms with Gasteiger partial charge in [-0.3, -0.25) is 9.59 Å². The van der Waals surface area contributed by atoms with Crippen molar-refractivity contribution in [1.82, 2.24) is 5.32 Å². The number of rotatable bonds is 9. The number of carbonyl (C=O) groups is 2. The van der Waals surface area contributed by atoms with Crippen molar-refractivity contribution in [2.75, 3.05) is 13.2 Å². The van der Waals surface area contributed by atoms with Crippen LogP contribution in [0.2, 0.25) is 0 Å². The summed E-state index contributed by atoms with van der Waals surface area (Å²) in [7, 11) is 0. The fourth-order valence-corrected chi connectivity index (χ4v) is 1.84. The average molecular weight is 309 g/mol. The van der Waals surface area contributed by atoms with Gasteiger partial charge >= 0.3 is 5.97 Å². The first-order valence-corrected chi connectivity index (χ1v) is 7.21. The third-order valence-electron chi connectivity index (χ3n) is 2.95. The lowest BCUT2D eigenvalue weighted by molar-refractivity contribution is -0.138.